The molecule has 0 spiro atoms. The van der Waals surface area contributed by atoms with E-state index in [0.29, 0.717) is 0 Å². The number of nitrogens with zero attached hydrogens (tertiary/aromatic N) is 1. The van der Waals surface area contributed by atoms with Crippen LogP contribution in [0.2, 0.25) is 0 Å². The SMILES string of the molecule is N#Cc1cc2c(Br)sc(Br)c2s1. The quantitative estimate of drug-likeness (QED) is 0.707. The van der Waals surface area contributed by atoms with Crippen LogP contribution in [0.3, 0.4) is 0 Å². The number of fused-ring (bicyclic) bond motifs is 1. The van der Waals surface area contributed by atoms with Gasteiger partial charge in [-0.15, -0.1) is 22.7 Å². The summed E-state index contributed by atoms with van der Waals surface area (Å²) in [5.74, 6) is 0. The van der Waals surface area contributed by atoms with E-state index in [1.54, 1.807) is 11.3 Å². The first-order valence-electron chi connectivity index (χ1n) is 3.00. The van der Waals surface area contributed by atoms with Gasteiger partial charge >= 0.3 is 0 Å². The zero-order valence-corrected chi connectivity index (χ0v) is 10.4. The maximum absolute atomic E-state index is 8.67. The Labute approximate surface area is 93.9 Å². The monoisotopic (exact) mass is 321 g/mol. The fraction of sp³-hybridized carbons (Fsp3) is 0. The maximum atomic E-state index is 8.67. The summed E-state index contributed by atoms with van der Waals surface area (Å²) in [5.41, 5.74) is 0. The van der Waals surface area contributed by atoms with E-state index in [1.165, 1.54) is 11.3 Å². The number of hydrogen-bond donors (Lipinski definition) is 0. The van der Waals surface area contributed by atoms with E-state index < -0.39 is 0 Å². The Hall–Kier alpha value is 0.110. The molecule has 0 aliphatic carbocycles. The van der Waals surface area contributed by atoms with E-state index in [-0.39, 0.29) is 0 Å². The van der Waals surface area contributed by atoms with Crippen LogP contribution < -0.4 is 0 Å². The molecule has 0 aliphatic heterocycles. The summed E-state index contributed by atoms with van der Waals surface area (Å²) in [7, 11) is 0. The van der Waals surface area contributed by atoms with Crippen LogP contribution in [0.25, 0.3) is 10.1 Å². The maximum Gasteiger partial charge on any atom is 0.110 e. The number of thiophene rings is 2. The van der Waals surface area contributed by atoms with Gasteiger partial charge in [-0.2, -0.15) is 5.26 Å². The predicted molar refractivity (Wildman–Crippen MR) is 59.8 cm³/mol. The number of rotatable bonds is 0. The topological polar surface area (TPSA) is 23.8 Å². The van der Waals surface area contributed by atoms with Crippen LogP contribution in [-0.2, 0) is 0 Å². The summed E-state index contributed by atoms with van der Waals surface area (Å²) in [4.78, 5) is 0.759. The summed E-state index contributed by atoms with van der Waals surface area (Å²) >= 11 is 10.1. The summed E-state index contributed by atoms with van der Waals surface area (Å²) < 4.78 is 3.33. The predicted octanol–water partition coefficient (Wildman–Crippen LogP) is 4.36. The molecule has 1 nitrogen and oxygen atoms in total. The molecule has 0 N–H and O–H groups in total. The summed E-state index contributed by atoms with van der Waals surface area (Å²) in [6.07, 6.45) is 0. The lowest BCUT2D eigenvalue weighted by atomic mass is 10.4. The van der Waals surface area contributed by atoms with E-state index in [9.17, 15) is 0 Å². The second-order valence-electron chi connectivity index (χ2n) is 2.11. The first kappa shape index (κ1) is 8.70. The van der Waals surface area contributed by atoms with Crippen molar-refractivity contribution in [2.75, 3.05) is 0 Å². The first-order chi connectivity index (χ1) is 5.72. The highest BCUT2D eigenvalue weighted by Gasteiger charge is 2.10. The number of halogens is 2. The fourth-order valence-corrected chi connectivity index (χ4v) is 5.18. The molecule has 2 aromatic rings. The van der Waals surface area contributed by atoms with Crippen molar-refractivity contribution in [3.8, 4) is 6.07 Å². The van der Waals surface area contributed by atoms with Crippen molar-refractivity contribution in [1.29, 1.82) is 5.26 Å². The lowest BCUT2D eigenvalue weighted by Crippen LogP contribution is -1.54. The van der Waals surface area contributed by atoms with Gasteiger partial charge in [0.05, 0.1) is 12.3 Å². The Morgan fingerprint density at radius 3 is 2.58 bits per heavy atom. The van der Waals surface area contributed by atoms with Gasteiger partial charge in [0.2, 0.25) is 0 Å². The molecule has 0 aromatic carbocycles. The third-order valence-electron chi connectivity index (χ3n) is 1.41. The van der Waals surface area contributed by atoms with Crippen molar-refractivity contribution >= 4 is 64.6 Å². The molecule has 2 rings (SSSR count). The molecule has 0 unspecified atom stereocenters. The molecule has 0 atom stereocenters. The minimum Gasteiger partial charge on any atom is -0.192 e. The molecule has 60 valence electrons. The van der Waals surface area contributed by atoms with Gasteiger partial charge in [0.25, 0.3) is 0 Å². The highest BCUT2D eigenvalue weighted by Crippen LogP contribution is 2.43. The van der Waals surface area contributed by atoms with Crippen molar-refractivity contribution in [3.05, 3.63) is 18.5 Å². The molecular weight excluding hydrogens is 322 g/mol. The first-order valence-corrected chi connectivity index (χ1v) is 6.21. The lowest BCUT2D eigenvalue weighted by Gasteiger charge is -1.75. The van der Waals surface area contributed by atoms with Crippen molar-refractivity contribution < 1.29 is 0 Å². The average Bonchev–Trinajstić information content (AvgIpc) is 2.55. The van der Waals surface area contributed by atoms with Gasteiger partial charge in [-0.1, -0.05) is 0 Å². The molecule has 2 aromatic heterocycles. The summed E-state index contributed by atoms with van der Waals surface area (Å²) in [6.45, 7) is 0. The van der Waals surface area contributed by atoms with E-state index >= 15 is 0 Å². The van der Waals surface area contributed by atoms with Crippen LogP contribution in [0.4, 0.5) is 0 Å². The van der Waals surface area contributed by atoms with Crippen molar-refractivity contribution in [3.63, 3.8) is 0 Å². The van der Waals surface area contributed by atoms with Crippen molar-refractivity contribution in [2.24, 2.45) is 0 Å². The zero-order chi connectivity index (χ0) is 8.72. The van der Waals surface area contributed by atoms with E-state index in [2.05, 4.69) is 37.9 Å². The smallest absolute Gasteiger partial charge is 0.110 e. The molecule has 0 radical (unpaired) electrons. The largest absolute Gasteiger partial charge is 0.192 e. The third kappa shape index (κ3) is 1.23. The summed E-state index contributed by atoms with van der Waals surface area (Å²) in [5, 5.41) is 9.80. The van der Waals surface area contributed by atoms with E-state index in [0.717, 1.165) is 22.5 Å². The van der Waals surface area contributed by atoms with Gasteiger partial charge in [0.1, 0.15) is 10.9 Å². The molecule has 0 bridgehead atoms. The molecular formula is C7HBr2NS2. The molecule has 0 amide bonds. The molecule has 0 saturated carbocycles. The Bertz CT molecular complexity index is 443. The molecule has 5 heteroatoms. The molecule has 0 aliphatic rings. The number of hydrogen-bond acceptors (Lipinski definition) is 3. The molecule has 0 fully saturated rings. The Kier molecular flexibility index (Phi) is 2.25. The van der Waals surface area contributed by atoms with Crippen LogP contribution >= 0.6 is 54.5 Å². The van der Waals surface area contributed by atoms with Crippen LogP contribution in [0.15, 0.2) is 13.6 Å². The average molecular weight is 323 g/mol. The standard InChI is InChI=1S/C7HBr2NS2/c8-6-4-1-3(2-10)11-5(4)7(9)12-6/h1H. The normalized spacial score (nSPS) is 10.4. The minimum absolute atomic E-state index is 0.759. The van der Waals surface area contributed by atoms with Gasteiger partial charge in [-0.05, 0) is 37.9 Å². The van der Waals surface area contributed by atoms with Crippen LogP contribution in [0.5, 0.6) is 0 Å². The van der Waals surface area contributed by atoms with Gasteiger partial charge in [-0.3, -0.25) is 0 Å². The second-order valence-corrected chi connectivity index (χ2v) is 6.82. The van der Waals surface area contributed by atoms with Crippen molar-refractivity contribution in [1.82, 2.24) is 0 Å². The van der Waals surface area contributed by atoms with Gasteiger partial charge < -0.3 is 0 Å². The number of nitriles is 1. The third-order valence-corrected chi connectivity index (χ3v) is 5.44. The Morgan fingerprint density at radius 1 is 1.25 bits per heavy atom. The van der Waals surface area contributed by atoms with Gasteiger partial charge in [0, 0.05) is 5.39 Å². The Morgan fingerprint density at radius 2 is 2.00 bits per heavy atom. The highest BCUT2D eigenvalue weighted by molar-refractivity contribution is 9.12. The molecule has 2 heterocycles. The second kappa shape index (κ2) is 3.11. The summed E-state index contributed by atoms with van der Waals surface area (Å²) in [6, 6.07) is 4.05. The van der Waals surface area contributed by atoms with E-state index in [4.69, 9.17) is 5.26 Å². The van der Waals surface area contributed by atoms with Crippen LogP contribution in [0.1, 0.15) is 4.88 Å². The molecule has 12 heavy (non-hydrogen) atoms. The molecule has 0 saturated heterocycles. The minimum atomic E-state index is 0.759. The highest BCUT2D eigenvalue weighted by atomic mass is 79.9. The van der Waals surface area contributed by atoms with Gasteiger partial charge in [0.15, 0.2) is 0 Å². The van der Waals surface area contributed by atoms with Crippen LogP contribution in [-0.4, -0.2) is 0 Å². The zero-order valence-electron chi connectivity index (χ0n) is 5.60. The van der Waals surface area contributed by atoms with Gasteiger partial charge in [-0.25, -0.2) is 0 Å². The van der Waals surface area contributed by atoms with Crippen LogP contribution in [0, 0.1) is 11.3 Å². The lowest BCUT2D eigenvalue weighted by molar-refractivity contribution is 1.52. The van der Waals surface area contributed by atoms with Crippen molar-refractivity contribution in [2.45, 2.75) is 0 Å². The Balaban J connectivity index is 2.86. The van der Waals surface area contributed by atoms with E-state index in [1.807, 2.05) is 6.07 Å². The fourth-order valence-electron chi connectivity index (χ4n) is 0.918.